The molecule has 0 aliphatic carbocycles. The van der Waals surface area contributed by atoms with Crippen LogP contribution in [0.3, 0.4) is 0 Å². The molecule has 28 heavy (non-hydrogen) atoms. The van der Waals surface area contributed by atoms with Gasteiger partial charge in [0.1, 0.15) is 11.8 Å². The molecular formula is C21H25N3O4. The van der Waals surface area contributed by atoms with Crippen molar-refractivity contribution < 1.29 is 19.1 Å². The number of ether oxygens (including phenoxy) is 2. The van der Waals surface area contributed by atoms with Gasteiger partial charge in [-0.05, 0) is 23.8 Å². The Labute approximate surface area is 164 Å². The summed E-state index contributed by atoms with van der Waals surface area (Å²) in [4.78, 5) is 26.5. The maximum atomic E-state index is 13.3. The summed E-state index contributed by atoms with van der Waals surface area (Å²) in [5.41, 5.74) is 2.11. The molecule has 2 N–H and O–H groups in total. The summed E-state index contributed by atoms with van der Waals surface area (Å²) >= 11 is 0. The predicted octanol–water partition coefficient (Wildman–Crippen LogP) is 2.67. The van der Waals surface area contributed by atoms with Gasteiger partial charge in [0, 0.05) is 25.7 Å². The standard InChI is InChI=1S/C21H25N3O4/c1-15(25)22-17-8-9-19(27-2)18(14-17)23-20(16-6-4-3-5-7-16)21(26)24-10-12-28-13-11-24/h3-9,14,20,23H,10-13H2,1-2H3,(H,22,25). The molecule has 7 nitrogen and oxygen atoms in total. The average molecular weight is 383 g/mol. The minimum absolute atomic E-state index is 0.0264. The number of hydrogen-bond acceptors (Lipinski definition) is 5. The van der Waals surface area contributed by atoms with Gasteiger partial charge in [-0.3, -0.25) is 9.59 Å². The second-order valence-corrected chi connectivity index (χ2v) is 6.52. The van der Waals surface area contributed by atoms with Gasteiger partial charge in [-0.15, -0.1) is 0 Å². The van der Waals surface area contributed by atoms with Crippen LogP contribution in [-0.4, -0.2) is 50.1 Å². The zero-order chi connectivity index (χ0) is 19.9. The van der Waals surface area contributed by atoms with Gasteiger partial charge in [0.05, 0.1) is 26.0 Å². The fourth-order valence-electron chi connectivity index (χ4n) is 3.16. The Morgan fingerprint density at radius 2 is 1.82 bits per heavy atom. The number of amides is 2. The molecule has 1 aliphatic heterocycles. The Morgan fingerprint density at radius 3 is 2.46 bits per heavy atom. The zero-order valence-electron chi connectivity index (χ0n) is 16.1. The number of benzene rings is 2. The van der Waals surface area contributed by atoms with Crippen molar-refractivity contribution in [3.63, 3.8) is 0 Å². The number of carbonyl (C=O) groups is 2. The van der Waals surface area contributed by atoms with Gasteiger partial charge in [0.2, 0.25) is 11.8 Å². The Hall–Kier alpha value is -3.06. The van der Waals surface area contributed by atoms with Gasteiger partial charge in [-0.25, -0.2) is 0 Å². The maximum Gasteiger partial charge on any atom is 0.249 e. The first-order valence-corrected chi connectivity index (χ1v) is 9.22. The average Bonchev–Trinajstić information content (AvgIpc) is 2.72. The number of nitrogens with zero attached hydrogens (tertiary/aromatic N) is 1. The number of anilines is 2. The predicted molar refractivity (Wildman–Crippen MR) is 108 cm³/mol. The Bertz CT molecular complexity index is 820. The van der Waals surface area contributed by atoms with E-state index in [9.17, 15) is 9.59 Å². The van der Waals surface area contributed by atoms with Crippen molar-refractivity contribution in [1.82, 2.24) is 4.90 Å². The van der Waals surface area contributed by atoms with Crippen LogP contribution in [0.4, 0.5) is 11.4 Å². The van der Waals surface area contributed by atoms with Gasteiger partial charge in [0.15, 0.2) is 0 Å². The van der Waals surface area contributed by atoms with Gasteiger partial charge in [-0.2, -0.15) is 0 Å². The van der Waals surface area contributed by atoms with E-state index < -0.39 is 6.04 Å². The summed E-state index contributed by atoms with van der Waals surface area (Å²) < 4.78 is 10.8. The fourth-order valence-corrected chi connectivity index (χ4v) is 3.16. The van der Waals surface area contributed by atoms with E-state index in [1.165, 1.54) is 6.92 Å². The summed E-state index contributed by atoms with van der Waals surface area (Å²) in [6, 6.07) is 14.3. The Morgan fingerprint density at radius 1 is 1.11 bits per heavy atom. The third-order valence-electron chi connectivity index (χ3n) is 4.52. The molecule has 1 unspecified atom stereocenters. The van der Waals surface area contributed by atoms with Gasteiger partial charge in [0.25, 0.3) is 0 Å². The number of morpholine rings is 1. The third-order valence-corrected chi connectivity index (χ3v) is 4.52. The summed E-state index contributed by atoms with van der Waals surface area (Å²) in [5.74, 6) is 0.395. The Balaban J connectivity index is 1.92. The van der Waals surface area contributed by atoms with E-state index >= 15 is 0 Å². The molecule has 0 bridgehead atoms. The number of hydrogen-bond donors (Lipinski definition) is 2. The van der Waals surface area contributed by atoms with Crippen molar-refractivity contribution in [1.29, 1.82) is 0 Å². The lowest BCUT2D eigenvalue weighted by Crippen LogP contribution is -2.44. The highest BCUT2D eigenvalue weighted by Crippen LogP contribution is 2.32. The second-order valence-electron chi connectivity index (χ2n) is 6.52. The molecule has 0 aromatic heterocycles. The highest BCUT2D eigenvalue weighted by molar-refractivity contribution is 5.90. The van der Waals surface area contributed by atoms with Crippen molar-refractivity contribution in [3.8, 4) is 5.75 Å². The summed E-state index contributed by atoms with van der Waals surface area (Å²) in [6.07, 6.45) is 0. The summed E-state index contributed by atoms with van der Waals surface area (Å²) in [6.45, 7) is 3.65. The number of methoxy groups -OCH3 is 1. The van der Waals surface area contributed by atoms with E-state index in [2.05, 4.69) is 10.6 Å². The number of nitrogens with one attached hydrogen (secondary N) is 2. The van der Waals surface area contributed by atoms with Crippen LogP contribution in [0.2, 0.25) is 0 Å². The first-order chi connectivity index (χ1) is 13.6. The molecule has 1 saturated heterocycles. The maximum absolute atomic E-state index is 13.3. The first kappa shape index (κ1) is 19.7. The van der Waals surface area contributed by atoms with E-state index in [0.29, 0.717) is 43.4 Å². The van der Waals surface area contributed by atoms with E-state index in [1.807, 2.05) is 30.3 Å². The molecule has 7 heteroatoms. The molecule has 3 rings (SSSR count). The third kappa shape index (κ3) is 4.80. The minimum Gasteiger partial charge on any atom is -0.495 e. The molecule has 2 aromatic rings. The molecular weight excluding hydrogens is 358 g/mol. The normalized spacial score (nSPS) is 14.9. The smallest absolute Gasteiger partial charge is 0.249 e. The zero-order valence-corrected chi connectivity index (χ0v) is 16.1. The summed E-state index contributed by atoms with van der Waals surface area (Å²) in [7, 11) is 1.57. The first-order valence-electron chi connectivity index (χ1n) is 9.22. The van der Waals surface area contributed by atoms with Crippen molar-refractivity contribution >= 4 is 23.2 Å². The monoisotopic (exact) mass is 383 g/mol. The van der Waals surface area contributed by atoms with Gasteiger partial charge < -0.3 is 25.0 Å². The number of rotatable bonds is 6. The van der Waals surface area contributed by atoms with Crippen molar-refractivity contribution in [2.45, 2.75) is 13.0 Å². The van der Waals surface area contributed by atoms with Crippen molar-refractivity contribution in [3.05, 3.63) is 54.1 Å². The SMILES string of the molecule is COc1ccc(NC(C)=O)cc1NC(C(=O)N1CCOCC1)c1ccccc1. The highest BCUT2D eigenvalue weighted by Gasteiger charge is 2.28. The van der Waals surface area contributed by atoms with Crippen LogP contribution in [0, 0.1) is 0 Å². The van der Waals surface area contributed by atoms with Crippen LogP contribution in [0.25, 0.3) is 0 Å². The lowest BCUT2D eigenvalue weighted by Gasteiger charge is -2.31. The van der Waals surface area contributed by atoms with Crippen LogP contribution in [-0.2, 0) is 14.3 Å². The van der Waals surface area contributed by atoms with Crippen molar-refractivity contribution in [2.75, 3.05) is 44.0 Å². The molecule has 0 saturated carbocycles. The molecule has 1 aliphatic rings. The molecule has 1 fully saturated rings. The van der Waals surface area contributed by atoms with Crippen LogP contribution in [0.1, 0.15) is 18.5 Å². The van der Waals surface area contributed by atoms with Gasteiger partial charge >= 0.3 is 0 Å². The molecule has 0 radical (unpaired) electrons. The van der Waals surface area contributed by atoms with E-state index in [1.54, 1.807) is 30.2 Å². The molecule has 2 aromatic carbocycles. The van der Waals surface area contributed by atoms with Crippen LogP contribution in [0.5, 0.6) is 5.75 Å². The lowest BCUT2D eigenvalue weighted by atomic mass is 10.0. The Kier molecular flexibility index (Phi) is 6.49. The van der Waals surface area contributed by atoms with Crippen LogP contribution in [0.15, 0.2) is 48.5 Å². The van der Waals surface area contributed by atoms with Gasteiger partial charge in [-0.1, -0.05) is 30.3 Å². The number of carbonyl (C=O) groups excluding carboxylic acids is 2. The molecule has 2 amide bonds. The minimum atomic E-state index is -0.583. The molecule has 148 valence electrons. The van der Waals surface area contributed by atoms with Crippen LogP contribution < -0.4 is 15.4 Å². The van der Waals surface area contributed by atoms with E-state index in [-0.39, 0.29) is 11.8 Å². The van der Waals surface area contributed by atoms with Crippen molar-refractivity contribution in [2.24, 2.45) is 0 Å². The van der Waals surface area contributed by atoms with E-state index in [4.69, 9.17) is 9.47 Å². The fraction of sp³-hybridized carbons (Fsp3) is 0.333. The molecule has 1 atom stereocenters. The van der Waals surface area contributed by atoms with E-state index in [0.717, 1.165) is 5.56 Å². The molecule has 1 heterocycles. The van der Waals surface area contributed by atoms with Crippen LogP contribution >= 0.6 is 0 Å². The topological polar surface area (TPSA) is 79.9 Å². The highest BCUT2D eigenvalue weighted by atomic mass is 16.5. The largest absolute Gasteiger partial charge is 0.495 e. The molecule has 0 spiro atoms. The summed E-state index contributed by atoms with van der Waals surface area (Å²) in [5, 5.41) is 6.07. The second kappa shape index (κ2) is 9.23. The quantitative estimate of drug-likeness (QED) is 0.802. The lowest BCUT2D eigenvalue weighted by molar-refractivity contribution is -0.136.